The molecule has 0 aliphatic heterocycles. The van der Waals surface area contributed by atoms with Gasteiger partial charge >= 0.3 is 6.03 Å². The van der Waals surface area contributed by atoms with E-state index < -0.39 is 23.4 Å². The molecular formula is C15H22F2N2O2. The first-order chi connectivity index (χ1) is 9.74. The number of aliphatic hydroxyl groups excluding tert-OH is 1. The number of hydrogen-bond donors (Lipinski definition) is 2. The lowest BCUT2D eigenvalue weighted by Crippen LogP contribution is -2.41. The highest BCUT2D eigenvalue weighted by atomic mass is 19.1. The Labute approximate surface area is 123 Å². The average molecular weight is 300 g/mol. The first-order valence-electron chi connectivity index (χ1n) is 6.85. The molecule has 118 valence electrons. The van der Waals surface area contributed by atoms with Gasteiger partial charge in [0, 0.05) is 19.7 Å². The van der Waals surface area contributed by atoms with Gasteiger partial charge in [-0.1, -0.05) is 26.8 Å². The summed E-state index contributed by atoms with van der Waals surface area (Å²) in [5.41, 5.74) is -0.619. The Bertz CT molecular complexity index is 467. The molecule has 1 aromatic carbocycles. The Morgan fingerprint density at radius 1 is 1.29 bits per heavy atom. The normalized spacial score (nSPS) is 11.3. The van der Waals surface area contributed by atoms with Crippen molar-refractivity contribution >= 4 is 11.7 Å². The monoisotopic (exact) mass is 300 g/mol. The van der Waals surface area contributed by atoms with Crippen LogP contribution < -0.4 is 5.32 Å². The topological polar surface area (TPSA) is 52.6 Å². The summed E-state index contributed by atoms with van der Waals surface area (Å²) in [7, 11) is 0. The van der Waals surface area contributed by atoms with Crippen LogP contribution in [0.4, 0.5) is 19.3 Å². The lowest BCUT2D eigenvalue weighted by Gasteiger charge is -2.30. The van der Waals surface area contributed by atoms with Crippen LogP contribution in [0.15, 0.2) is 18.2 Å². The molecular weight excluding hydrogens is 278 g/mol. The summed E-state index contributed by atoms with van der Waals surface area (Å²) in [6, 6.07) is 2.82. The van der Waals surface area contributed by atoms with E-state index in [0.29, 0.717) is 19.5 Å². The predicted octanol–water partition coefficient (Wildman–Crippen LogP) is 3.23. The Balaban J connectivity index is 2.85. The van der Waals surface area contributed by atoms with Crippen LogP contribution in [-0.2, 0) is 0 Å². The Hall–Kier alpha value is -1.69. The predicted molar refractivity (Wildman–Crippen MR) is 78.1 cm³/mol. The number of aliphatic hydroxyl groups is 1. The number of urea groups is 1. The van der Waals surface area contributed by atoms with Crippen molar-refractivity contribution in [2.45, 2.75) is 27.2 Å². The molecule has 0 heterocycles. The van der Waals surface area contributed by atoms with Gasteiger partial charge in [0.1, 0.15) is 17.3 Å². The molecule has 0 atom stereocenters. The number of amides is 2. The fraction of sp³-hybridized carbons (Fsp3) is 0.533. The van der Waals surface area contributed by atoms with Crippen LogP contribution in [0, 0.1) is 17.0 Å². The minimum atomic E-state index is -0.818. The van der Waals surface area contributed by atoms with Crippen molar-refractivity contribution < 1.29 is 18.7 Å². The number of carbonyl (C=O) groups is 1. The van der Waals surface area contributed by atoms with Gasteiger partial charge < -0.3 is 15.3 Å². The van der Waals surface area contributed by atoms with Gasteiger partial charge in [-0.2, -0.15) is 0 Å². The van der Waals surface area contributed by atoms with Crippen LogP contribution >= 0.6 is 0 Å². The Morgan fingerprint density at radius 3 is 2.33 bits per heavy atom. The fourth-order valence-corrected chi connectivity index (χ4v) is 1.89. The van der Waals surface area contributed by atoms with Gasteiger partial charge in [0.05, 0.1) is 0 Å². The van der Waals surface area contributed by atoms with Crippen molar-refractivity contribution in [2.24, 2.45) is 5.41 Å². The van der Waals surface area contributed by atoms with Gasteiger partial charge in [-0.05, 0) is 24.0 Å². The van der Waals surface area contributed by atoms with E-state index in [0.717, 1.165) is 12.1 Å². The van der Waals surface area contributed by atoms with E-state index in [2.05, 4.69) is 5.32 Å². The number of anilines is 1. The van der Waals surface area contributed by atoms with Crippen molar-refractivity contribution in [3.05, 3.63) is 29.8 Å². The van der Waals surface area contributed by atoms with Crippen molar-refractivity contribution in [3.63, 3.8) is 0 Å². The van der Waals surface area contributed by atoms with Gasteiger partial charge in [-0.3, -0.25) is 0 Å². The number of para-hydroxylation sites is 1. The van der Waals surface area contributed by atoms with Crippen LogP contribution in [0.5, 0.6) is 0 Å². The summed E-state index contributed by atoms with van der Waals surface area (Å²) in [6.07, 6.45) is 0.406. The van der Waals surface area contributed by atoms with Gasteiger partial charge in [-0.25, -0.2) is 13.6 Å². The number of halogens is 2. The van der Waals surface area contributed by atoms with E-state index in [1.165, 1.54) is 11.0 Å². The van der Waals surface area contributed by atoms with Gasteiger partial charge in [0.25, 0.3) is 0 Å². The molecule has 0 saturated heterocycles. The summed E-state index contributed by atoms with van der Waals surface area (Å²) >= 11 is 0. The van der Waals surface area contributed by atoms with Crippen LogP contribution in [-0.4, -0.2) is 35.7 Å². The van der Waals surface area contributed by atoms with Crippen molar-refractivity contribution in [1.29, 1.82) is 0 Å². The number of benzene rings is 1. The number of hydrogen-bond acceptors (Lipinski definition) is 2. The highest BCUT2D eigenvalue weighted by molar-refractivity contribution is 5.89. The molecule has 0 saturated carbocycles. The number of carbonyl (C=O) groups excluding carboxylic acids is 1. The second-order valence-corrected chi connectivity index (χ2v) is 6.09. The lowest BCUT2D eigenvalue weighted by molar-refractivity contribution is 0.175. The average Bonchev–Trinajstić information content (AvgIpc) is 2.37. The summed E-state index contributed by atoms with van der Waals surface area (Å²) in [6.45, 7) is 6.54. The fourth-order valence-electron chi connectivity index (χ4n) is 1.89. The minimum absolute atomic E-state index is 0.0536. The molecule has 0 aliphatic carbocycles. The second-order valence-electron chi connectivity index (χ2n) is 6.09. The summed E-state index contributed by atoms with van der Waals surface area (Å²) < 4.78 is 27.1. The first-order valence-corrected chi connectivity index (χ1v) is 6.85. The van der Waals surface area contributed by atoms with E-state index in [1.807, 2.05) is 20.8 Å². The number of rotatable bonds is 5. The maximum Gasteiger partial charge on any atom is 0.322 e. The van der Waals surface area contributed by atoms with Crippen LogP contribution in [0.3, 0.4) is 0 Å². The van der Waals surface area contributed by atoms with Crippen molar-refractivity contribution in [3.8, 4) is 0 Å². The van der Waals surface area contributed by atoms with Gasteiger partial charge in [0.2, 0.25) is 0 Å². The zero-order valence-electron chi connectivity index (χ0n) is 12.6. The number of nitrogens with zero attached hydrogens (tertiary/aromatic N) is 1. The zero-order chi connectivity index (χ0) is 16.0. The minimum Gasteiger partial charge on any atom is -0.396 e. The Kier molecular flexibility index (Phi) is 6.08. The zero-order valence-corrected chi connectivity index (χ0v) is 12.6. The molecule has 2 amide bonds. The van der Waals surface area contributed by atoms with E-state index >= 15 is 0 Å². The quantitative estimate of drug-likeness (QED) is 0.877. The van der Waals surface area contributed by atoms with E-state index in [-0.39, 0.29) is 12.0 Å². The smallest absolute Gasteiger partial charge is 0.322 e. The molecule has 4 nitrogen and oxygen atoms in total. The molecule has 0 aliphatic rings. The molecule has 2 N–H and O–H groups in total. The highest BCUT2D eigenvalue weighted by Crippen LogP contribution is 2.20. The van der Waals surface area contributed by atoms with Crippen LogP contribution in [0.2, 0.25) is 0 Å². The molecule has 0 fully saturated rings. The highest BCUT2D eigenvalue weighted by Gasteiger charge is 2.22. The molecule has 1 aromatic rings. The Morgan fingerprint density at radius 2 is 1.86 bits per heavy atom. The lowest BCUT2D eigenvalue weighted by atomic mass is 9.96. The van der Waals surface area contributed by atoms with Crippen LogP contribution in [0.1, 0.15) is 27.2 Å². The molecule has 0 bridgehead atoms. The van der Waals surface area contributed by atoms with Crippen LogP contribution in [0.25, 0.3) is 0 Å². The molecule has 6 heteroatoms. The third-order valence-electron chi connectivity index (χ3n) is 2.73. The van der Waals surface area contributed by atoms with Gasteiger partial charge in [0.15, 0.2) is 0 Å². The van der Waals surface area contributed by atoms with Gasteiger partial charge in [-0.15, -0.1) is 0 Å². The third kappa shape index (κ3) is 5.67. The maximum atomic E-state index is 13.6. The largest absolute Gasteiger partial charge is 0.396 e. The molecule has 0 aromatic heterocycles. The standard InChI is InChI=1S/C15H22F2N2O2/c1-15(2,3)10-19(8-5-9-20)14(21)18-13-11(16)6-4-7-12(13)17/h4,6-7,20H,5,8-10H2,1-3H3,(H,18,21). The molecule has 0 spiro atoms. The molecule has 21 heavy (non-hydrogen) atoms. The molecule has 0 radical (unpaired) electrons. The number of nitrogens with one attached hydrogen (secondary N) is 1. The van der Waals surface area contributed by atoms with E-state index in [1.54, 1.807) is 0 Å². The van der Waals surface area contributed by atoms with E-state index in [4.69, 9.17) is 5.11 Å². The summed E-state index contributed by atoms with van der Waals surface area (Å²) in [4.78, 5) is 13.6. The maximum absolute atomic E-state index is 13.6. The summed E-state index contributed by atoms with van der Waals surface area (Å²) in [5, 5.41) is 11.2. The van der Waals surface area contributed by atoms with E-state index in [9.17, 15) is 13.6 Å². The SMILES string of the molecule is CC(C)(C)CN(CCCO)C(=O)Nc1c(F)cccc1F. The second kappa shape index (κ2) is 7.36. The van der Waals surface area contributed by atoms with Crippen molar-refractivity contribution in [1.82, 2.24) is 4.90 Å². The molecule has 1 rings (SSSR count). The summed E-state index contributed by atoms with van der Waals surface area (Å²) in [5.74, 6) is -1.64. The first kappa shape index (κ1) is 17.4. The third-order valence-corrected chi connectivity index (χ3v) is 2.73. The molecule has 0 unspecified atom stereocenters. The van der Waals surface area contributed by atoms with Crippen molar-refractivity contribution in [2.75, 3.05) is 25.0 Å².